The topological polar surface area (TPSA) is 85.6 Å². The highest BCUT2D eigenvalue weighted by Gasteiger charge is 2.21. The molecule has 9 heteroatoms. The van der Waals surface area contributed by atoms with E-state index < -0.39 is 0 Å². The molecule has 2 heterocycles. The molecule has 7 nitrogen and oxygen atoms in total. The zero-order valence-corrected chi connectivity index (χ0v) is 15.7. The van der Waals surface area contributed by atoms with Crippen molar-refractivity contribution in [1.82, 2.24) is 25.2 Å². The molecule has 1 fully saturated rings. The molecule has 1 N–H and O–H groups in total. The Labute approximate surface area is 159 Å². The van der Waals surface area contributed by atoms with Crippen LogP contribution in [0.3, 0.4) is 0 Å². The maximum absolute atomic E-state index is 12.2. The Morgan fingerprint density at radius 1 is 1.19 bits per heavy atom. The number of rotatable bonds is 5. The normalized spacial score (nSPS) is 15.1. The lowest BCUT2D eigenvalue weighted by Gasteiger charge is -2.21. The number of anilines is 1. The van der Waals surface area contributed by atoms with Gasteiger partial charge in [0, 0.05) is 5.56 Å². The van der Waals surface area contributed by atoms with Crippen molar-refractivity contribution >= 4 is 34.0 Å². The first kappa shape index (κ1) is 17.2. The predicted octanol–water partition coefficient (Wildman–Crippen LogP) is 4.04. The zero-order valence-electron chi connectivity index (χ0n) is 14.0. The second kappa shape index (κ2) is 7.96. The van der Waals surface area contributed by atoms with Gasteiger partial charge in [-0.3, -0.25) is 4.79 Å². The van der Waals surface area contributed by atoms with Crippen molar-refractivity contribution in [2.45, 2.75) is 47.6 Å². The summed E-state index contributed by atoms with van der Waals surface area (Å²) in [7, 11) is 0. The van der Waals surface area contributed by atoms with Crippen molar-refractivity contribution in [1.29, 1.82) is 0 Å². The van der Waals surface area contributed by atoms with Gasteiger partial charge in [-0.05, 0) is 47.2 Å². The van der Waals surface area contributed by atoms with Crippen LogP contribution in [0.5, 0.6) is 0 Å². The summed E-state index contributed by atoms with van der Waals surface area (Å²) in [5.41, 5.74) is 0.622. The highest BCUT2D eigenvalue weighted by atomic mass is 32.2. The molecular formula is C17H18N6OS2. The number of hydrogen-bond acceptors (Lipinski definition) is 7. The molecule has 1 aliphatic rings. The Kier molecular flexibility index (Phi) is 5.26. The maximum atomic E-state index is 12.2. The van der Waals surface area contributed by atoms with E-state index >= 15 is 0 Å². The number of aromatic nitrogens is 5. The fourth-order valence-corrected chi connectivity index (χ4v) is 4.84. The number of nitrogens with one attached hydrogen (secondary N) is 1. The molecule has 0 aliphatic heterocycles. The lowest BCUT2D eigenvalue weighted by atomic mass is 9.96. The Morgan fingerprint density at radius 2 is 2.00 bits per heavy atom. The third-order valence-corrected chi connectivity index (χ3v) is 6.26. The lowest BCUT2D eigenvalue weighted by molar-refractivity contribution is 0.102. The molecule has 0 radical (unpaired) electrons. The van der Waals surface area contributed by atoms with Crippen LogP contribution in [0.2, 0.25) is 0 Å². The third-order valence-electron chi connectivity index (χ3n) is 4.32. The summed E-state index contributed by atoms with van der Waals surface area (Å²) >= 11 is 2.86. The Morgan fingerprint density at radius 3 is 2.81 bits per heavy atom. The Balaban J connectivity index is 1.43. The number of nitrogens with zero attached hydrogens (tertiary/aromatic N) is 5. The Hall–Kier alpha value is -2.26. The van der Waals surface area contributed by atoms with E-state index in [4.69, 9.17) is 0 Å². The van der Waals surface area contributed by atoms with Gasteiger partial charge in [-0.25, -0.2) is 9.67 Å². The van der Waals surface area contributed by atoms with Gasteiger partial charge in [-0.2, -0.15) is 0 Å². The summed E-state index contributed by atoms with van der Waals surface area (Å²) in [6.45, 7) is 0. The van der Waals surface area contributed by atoms with E-state index in [2.05, 4.69) is 25.8 Å². The zero-order chi connectivity index (χ0) is 17.8. The van der Waals surface area contributed by atoms with E-state index in [1.165, 1.54) is 42.4 Å². The van der Waals surface area contributed by atoms with Gasteiger partial charge in [0.05, 0.1) is 12.2 Å². The molecule has 4 rings (SSSR count). The maximum Gasteiger partial charge on any atom is 0.256 e. The van der Waals surface area contributed by atoms with Gasteiger partial charge in [-0.1, -0.05) is 48.8 Å². The van der Waals surface area contributed by atoms with Crippen molar-refractivity contribution in [3.8, 4) is 0 Å². The average Bonchev–Trinajstić information content (AvgIpc) is 3.33. The lowest BCUT2D eigenvalue weighted by Crippen LogP contribution is -2.15. The van der Waals surface area contributed by atoms with Crippen molar-refractivity contribution < 1.29 is 4.79 Å². The summed E-state index contributed by atoms with van der Waals surface area (Å²) in [4.78, 5) is 16.6. The SMILES string of the molecule is O=C(Nc1cnc(Sc2nnnn2C2CCCCC2)s1)c1ccccc1. The molecule has 0 saturated heterocycles. The number of amides is 1. The molecule has 3 aromatic rings. The average molecular weight is 387 g/mol. The summed E-state index contributed by atoms with van der Waals surface area (Å²) < 4.78 is 2.73. The second-order valence-corrected chi connectivity index (χ2v) is 8.36. The van der Waals surface area contributed by atoms with E-state index in [0.29, 0.717) is 16.6 Å². The molecule has 0 spiro atoms. The van der Waals surface area contributed by atoms with Gasteiger partial charge in [-0.15, -0.1) is 5.10 Å². The van der Waals surface area contributed by atoms with Gasteiger partial charge < -0.3 is 5.32 Å². The fourth-order valence-electron chi connectivity index (χ4n) is 3.02. The first-order valence-electron chi connectivity index (χ1n) is 8.57. The van der Waals surface area contributed by atoms with Crippen LogP contribution in [-0.4, -0.2) is 31.1 Å². The summed E-state index contributed by atoms with van der Waals surface area (Å²) in [6.07, 6.45) is 7.65. The van der Waals surface area contributed by atoms with E-state index in [1.54, 1.807) is 18.3 Å². The van der Waals surface area contributed by atoms with Gasteiger partial charge in [0.15, 0.2) is 4.34 Å². The van der Waals surface area contributed by atoms with Crippen molar-refractivity contribution in [3.05, 3.63) is 42.1 Å². The highest BCUT2D eigenvalue weighted by Crippen LogP contribution is 2.35. The van der Waals surface area contributed by atoms with Gasteiger partial charge in [0.1, 0.15) is 5.00 Å². The van der Waals surface area contributed by atoms with Crippen LogP contribution < -0.4 is 5.32 Å². The van der Waals surface area contributed by atoms with Gasteiger partial charge >= 0.3 is 0 Å². The smallest absolute Gasteiger partial charge is 0.256 e. The molecule has 2 aromatic heterocycles. The number of thiazole rings is 1. The van der Waals surface area contributed by atoms with Crippen LogP contribution in [0.4, 0.5) is 5.00 Å². The van der Waals surface area contributed by atoms with E-state index in [0.717, 1.165) is 22.3 Å². The monoisotopic (exact) mass is 386 g/mol. The number of carbonyl (C=O) groups is 1. The van der Waals surface area contributed by atoms with Crippen LogP contribution in [0.25, 0.3) is 0 Å². The number of benzene rings is 1. The van der Waals surface area contributed by atoms with Crippen LogP contribution in [0, 0.1) is 0 Å². The third kappa shape index (κ3) is 3.94. The molecule has 26 heavy (non-hydrogen) atoms. The van der Waals surface area contributed by atoms with Crippen LogP contribution in [0.15, 0.2) is 46.0 Å². The number of tetrazole rings is 1. The summed E-state index contributed by atoms with van der Waals surface area (Å²) in [6, 6.07) is 9.50. The first-order chi connectivity index (χ1) is 12.8. The van der Waals surface area contributed by atoms with Crippen molar-refractivity contribution in [2.75, 3.05) is 5.32 Å². The van der Waals surface area contributed by atoms with Crippen molar-refractivity contribution in [3.63, 3.8) is 0 Å². The fraction of sp³-hybridized carbons (Fsp3) is 0.353. The van der Waals surface area contributed by atoms with Crippen molar-refractivity contribution in [2.24, 2.45) is 0 Å². The van der Waals surface area contributed by atoms with Crippen LogP contribution >= 0.6 is 23.1 Å². The van der Waals surface area contributed by atoms with Crippen LogP contribution in [-0.2, 0) is 0 Å². The van der Waals surface area contributed by atoms with Gasteiger partial charge in [0.25, 0.3) is 5.91 Å². The van der Waals surface area contributed by atoms with E-state index in [-0.39, 0.29) is 5.91 Å². The molecule has 0 bridgehead atoms. The Bertz CT molecular complexity index is 872. The first-order valence-corrected chi connectivity index (χ1v) is 10.2. The quantitative estimate of drug-likeness (QED) is 0.712. The van der Waals surface area contributed by atoms with E-state index in [9.17, 15) is 4.79 Å². The second-order valence-electron chi connectivity index (χ2n) is 6.11. The molecule has 1 aromatic carbocycles. The largest absolute Gasteiger partial charge is 0.312 e. The minimum atomic E-state index is -0.141. The van der Waals surface area contributed by atoms with Gasteiger partial charge in [0.2, 0.25) is 5.16 Å². The molecule has 134 valence electrons. The predicted molar refractivity (Wildman–Crippen MR) is 101 cm³/mol. The number of hydrogen-bond donors (Lipinski definition) is 1. The molecule has 0 atom stereocenters. The highest BCUT2D eigenvalue weighted by molar-refractivity contribution is 8.00. The summed E-state index contributed by atoms with van der Waals surface area (Å²) in [5, 5.41) is 16.5. The molecule has 1 saturated carbocycles. The molecular weight excluding hydrogens is 368 g/mol. The summed E-state index contributed by atoms with van der Waals surface area (Å²) in [5.74, 6) is -0.141. The standard InChI is InChI=1S/C17H18N6OS2/c24-15(12-7-3-1-4-8-12)19-14-11-18-17(25-14)26-16-20-21-22-23(16)13-9-5-2-6-10-13/h1,3-4,7-8,11,13H,2,5-6,9-10H2,(H,19,24). The number of carbonyl (C=O) groups excluding carboxylic acids is 1. The molecule has 1 aliphatic carbocycles. The van der Waals surface area contributed by atoms with Crippen LogP contribution in [0.1, 0.15) is 48.5 Å². The van der Waals surface area contributed by atoms with E-state index in [1.807, 2.05) is 22.9 Å². The molecule has 0 unspecified atom stereocenters. The minimum Gasteiger partial charge on any atom is -0.312 e. The minimum absolute atomic E-state index is 0.141. The molecule has 1 amide bonds.